The minimum Gasteiger partial charge on any atom is -0.406 e. The summed E-state index contributed by atoms with van der Waals surface area (Å²) in [5.74, 6) is -0.514. The number of hydrogen-bond donors (Lipinski definition) is 1. The van der Waals surface area contributed by atoms with Crippen LogP contribution in [0.15, 0.2) is 65.3 Å². The van der Waals surface area contributed by atoms with Crippen molar-refractivity contribution in [3.63, 3.8) is 0 Å². The fraction of sp³-hybridized carbons (Fsp3) is 0.182. The molecule has 1 amide bonds. The molecule has 1 unspecified atom stereocenters. The van der Waals surface area contributed by atoms with Gasteiger partial charge >= 0.3 is 6.36 Å². The molecule has 0 spiro atoms. The summed E-state index contributed by atoms with van der Waals surface area (Å²) in [6, 6.07) is 15.4. The first kappa shape index (κ1) is 21.2. The van der Waals surface area contributed by atoms with Crippen LogP contribution in [0.2, 0.25) is 0 Å². The van der Waals surface area contributed by atoms with E-state index in [0.717, 1.165) is 5.56 Å². The van der Waals surface area contributed by atoms with Crippen LogP contribution in [0.1, 0.15) is 29.4 Å². The quantitative estimate of drug-likeness (QED) is 0.487. The van der Waals surface area contributed by atoms with Gasteiger partial charge < -0.3 is 14.6 Å². The average Bonchev–Trinajstić information content (AvgIpc) is 3.11. The molecule has 5 nitrogen and oxygen atoms in total. The number of aromatic nitrogens is 1. The summed E-state index contributed by atoms with van der Waals surface area (Å²) < 4.78 is 43.1. The summed E-state index contributed by atoms with van der Waals surface area (Å²) in [4.78, 5) is 24.9. The van der Waals surface area contributed by atoms with Crippen molar-refractivity contribution in [2.24, 2.45) is 0 Å². The van der Waals surface area contributed by atoms with E-state index in [1.807, 2.05) is 0 Å². The SMILES string of the molecule is O=C1CCC(C(=O)Nc2ccc(-c3ccc(OC(F)(F)F)cc3)cc2)n2c(Br)ccc21. The van der Waals surface area contributed by atoms with Crippen LogP contribution in [0, 0.1) is 0 Å². The number of carbonyl (C=O) groups excluding carboxylic acids is 2. The number of rotatable bonds is 4. The van der Waals surface area contributed by atoms with Crippen molar-refractivity contribution in [2.45, 2.75) is 25.2 Å². The second-order valence-electron chi connectivity index (χ2n) is 7.03. The number of benzene rings is 2. The van der Waals surface area contributed by atoms with Crippen molar-refractivity contribution < 1.29 is 27.5 Å². The Hall–Kier alpha value is -3.07. The lowest BCUT2D eigenvalue weighted by molar-refractivity contribution is -0.274. The van der Waals surface area contributed by atoms with Crippen LogP contribution in [-0.4, -0.2) is 22.6 Å². The fourth-order valence-electron chi connectivity index (χ4n) is 3.56. The number of amides is 1. The van der Waals surface area contributed by atoms with Gasteiger partial charge in [-0.2, -0.15) is 0 Å². The standard InChI is InChI=1S/C22H16BrF3N2O3/c23-20-12-10-17-19(29)11-9-18(28(17)20)21(30)27-15-5-1-13(2-6-15)14-3-7-16(8-4-14)31-22(24,25)26/h1-8,10,12,18H,9,11H2,(H,27,30). The van der Waals surface area contributed by atoms with Crippen molar-refractivity contribution in [1.82, 2.24) is 4.57 Å². The van der Waals surface area contributed by atoms with E-state index in [1.54, 1.807) is 41.0 Å². The maximum absolute atomic E-state index is 12.8. The highest BCUT2D eigenvalue weighted by Crippen LogP contribution is 2.32. The third-order valence-electron chi connectivity index (χ3n) is 4.99. The lowest BCUT2D eigenvalue weighted by Gasteiger charge is -2.25. The maximum atomic E-state index is 12.8. The highest BCUT2D eigenvalue weighted by molar-refractivity contribution is 9.10. The Morgan fingerprint density at radius 2 is 1.61 bits per heavy atom. The smallest absolute Gasteiger partial charge is 0.406 e. The van der Waals surface area contributed by atoms with Gasteiger partial charge in [-0.05, 0) is 69.9 Å². The molecule has 160 valence electrons. The van der Waals surface area contributed by atoms with Crippen LogP contribution < -0.4 is 10.1 Å². The van der Waals surface area contributed by atoms with Gasteiger partial charge in [0.2, 0.25) is 5.91 Å². The molecule has 1 aliphatic heterocycles. The van der Waals surface area contributed by atoms with Gasteiger partial charge in [-0.1, -0.05) is 24.3 Å². The van der Waals surface area contributed by atoms with E-state index in [2.05, 4.69) is 26.0 Å². The average molecular weight is 493 g/mol. The van der Waals surface area contributed by atoms with E-state index in [4.69, 9.17) is 0 Å². The minimum absolute atomic E-state index is 0.00533. The van der Waals surface area contributed by atoms with Crippen molar-refractivity contribution in [3.05, 3.63) is 71.0 Å². The highest BCUT2D eigenvalue weighted by atomic mass is 79.9. The molecule has 0 aliphatic carbocycles. The van der Waals surface area contributed by atoms with E-state index in [9.17, 15) is 22.8 Å². The number of Topliss-reactive ketones (excluding diaryl/α,β-unsaturated/α-hetero) is 1. The van der Waals surface area contributed by atoms with Crippen molar-refractivity contribution in [3.8, 4) is 16.9 Å². The number of ketones is 1. The molecule has 2 heterocycles. The first-order valence-electron chi connectivity index (χ1n) is 9.38. The van der Waals surface area contributed by atoms with Crippen LogP contribution >= 0.6 is 15.9 Å². The van der Waals surface area contributed by atoms with E-state index < -0.39 is 12.4 Å². The number of ether oxygens (including phenoxy) is 1. The number of halogens is 4. The Labute approximate surface area is 183 Å². The Balaban J connectivity index is 1.46. The topological polar surface area (TPSA) is 60.3 Å². The number of anilines is 1. The Morgan fingerprint density at radius 3 is 2.23 bits per heavy atom. The van der Waals surface area contributed by atoms with E-state index in [0.29, 0.717) is 34.4 Å². The Bertz CT molecular complexity index is 1120. The zero-order valence-electron chi connectivity index (χ0n) is 15.9. The van der Waals surface area contributed by atoms with E-state index in [-0.39, 0.29) is 17.4 Å². The molecule has 4 rings (SSSR count). The van der Waals surface area contributed by atoms with Gasteiger partial charge in [0.1, 0.15) is 11.8 Å². The van der Waals surface area contributed by atoms with Gasteiger partial charge in [0.05, 0.1) is 10.3 Å². The molecule has 0 fully saturated rings. The first-order valence-corrected chi connectivity index (χ1v) is 10.2. The molecule has 0 saturated heterocycles. The van der Waals surface area contributed by atoms with Gasteiger partial charge in [0, 0.05) is 12.1 Å². The van der Waals surface area contributed by atoms with Crippen LogP contribution in [0.5, 0.6) is 5.75 Å². The lowest BCUT2D eigenvalue weighted by atomic mass is 10.0. The monoisotopic (exact) mass is 492 g/mol. The fourth-order valence-corrected chi connectivity index (χ4v) is 4.13. The number of hydrogen-bond acceptors (Lipinski definition) is 3. The molecule has 31 heavy (non-hydrogen) atoms. The normalized spacial score (nSPS) is 16.0. The summed E-state index contributed by atoms with van der Waals surface area (Å²) >= 11 is 3.39. The number of alkyl halides is 3. The molecule has 2 aromatic carbocycles. The number of carbonyl (C=O) groups is 2. The molecular weight excluding hydrogens is 477 g/mol. The minimum atomic E-state index is -4.73. The second kappa shape index (κ2) is 8.22. The zero-order valence-corrected chi connectivity index (χ0v) is 17.5. The molecular formula is C22H16BrF3N2O3. The summed E-state index contributed by atoms with van der Waals surface area (Å²) in [5.41, 5.74) is 2.56. The van der Waals surface area contributed by atoms with Gasteiger partial charge in [0.25, 0.3) is 0 Å². The molecule has 1 atom stereocenters. The number of nitrogens with zero attached hydrogens (tertiary/aromatic N) is 1. The summed E-state index contributed by atoms with van der Waals surface area (Å²) in [6.07, 6.45) is -4.01. The molecule has 0 bridgehead atoms. The maximum Gasteiger partial charge on any atom is 0.573 e. The highest BCUT2D eigenvalue weighted by Gasteiger charge is 2.32. The first-order chi connectivity index (χ1) is 14.7. The molecule has 1 aliphatic rings. The van der Waals surface area contributed by atoms with Crippen molar-refractivity contribution in [2.75, 3.05) is 5.32 Å². The third-order valence-corrected chi connectivity index (χ3v) is 5.63. The third kappa shape index (κ3) is 4.66. The predicted molar refractivity (Wildman–Crippen MR) is 112 cm³/mol. The molecule has 0 radical (unpaired) electrons. The predicted octanol–water partition coefficient (Wildman–Crippen LogP) is 5.97. The number of fused-ring (bicyclic) bond motifs is 1. The van der Waals surface area contributed by atoms with Gasteiger partial charge in [0.15, 0.2) is 5.78 Å². The van der Waals surface area contributed by atoms with Crippen LogP contribution in [0.25, 0.3) is 11.1 Å². The van der Waals surface area contributed by atoms with Gasteiger partial charge in [-0.15, -0.1) is 13.2 Å². The number of nitrogens with one attached hydrogen (secondary N) is 1. The van der Waals surface area contributed by atoms with E-state index in [1.165, 1.54) is 24.3 Å². The Kier molecular flexibility index (Phi) is 5.62. The largest absolute Gasteiger partial charge is 0.573 e. The molecule has 1 N–H and O–H groups in total. The van der Waals surface area contributed by atoms with Crippen molar-refractivity contribution >= 4 is 33.3 Å². The molecule has 0 saturated carbocycles. The molecule has 1 aromatic heterocycles. The van der Waals surface area contributed by atoms with Crippen LogP contribution in [0.3, 0.4) is 0 Å². The zero-order chi connectivity index (χ0) is 22.2. The van der Waals surface area contributed by atoms with Crippen molar-refractivity contribution in [1.29, 1.82) is 0 Å². The second-order valence-corrected chi connectivity index (χ2v) is 7.84. The summed E-state index contributed by atoms with van der Waals surface area (Å²) in [5, 5.41) is 2.86. The van der Waals surface area contributed by atoms with E-state index >= 15 is 0 Å². The van der Waals surface area contributed by atoms with Gasteiger partial charge in [-0.25, -0.2) is 0 Å². The van der Waals surface area contributed by atoms with Crippen LogP contribution in [0.4, 0.5) is 18.9 Å². The van der Waals surface area contributed by atoms with Gasteiger partial charge in [-0.3, -0.25) is 9.59 Å². The molecule has 9 heteroatoms. The Morgan fingerprint density at radius 1 is 1.00 bits per heavy atom. The lowest BCUT2D eigenvalue weighted by Crippen LogP contribution is -2.32. The molecule has 3 aromatic rings. The summed E-state index contributed by atoms with van der Waals surface area (Å²) in [7, 11) is 0. The van der Waals surface area contributed by atoms with Crippen LogP contribution in [-0.2, 0) is 4.79 Å². The summed E-state index contributed by atoms with van der Waals surface area (Å²) in [6.45, 7) is 0.